The molecule has 2 aliphatic heterocycles. The summed E-state index contributed by atoms with van der Waals surface area (Å²) in [6, 6.07) is 9.40. The van der Waals surface area contributed by atoms with Crippen LogP contribution in [0.2, 0.25) is 0 Å². The molecular formula is C27H23F4N5O2. The average Bonchev–Trinajstić information content (AvgIpc) is 3.60. The number of rotatable bonds is 5. The van der Waals surface area contributed by atoms with Gasteiger partial charge in [0.05, 0.1) is 17.4 Å². The van der Waals surface area contributed by atoms with Crippen LogP contribution in [0.3, 0.4) is 0 Å². The van der Waals surface area contributed by atoms with Crippen molar-refractivity contribution in [2.45, 2.75) is 31.2 Å². The van der Waals surface area contributed by atoms with Gasteiger partial charge in [-0.3, -0.25) is 4.79 Å². The minimum atomic E-state index is -4.91. The van der Waals surface area contributed by atoms with Gasteiger partial charge in [0.1, 0.15) is 5.69 Å². The van der Waals surface area contributed by atoms with Gasteiger partial charge in [0, 0.05) is 24.2 Å². The highest BCUT2D eigenvalue weighted by molar-refractivity contribution is 6.01. The van der Waals surface area contributed by atoms with Crippen molar-refractivity contribution in [1.29, 1.82) is 0 Å². The normalized spacial score (nSPS) is 18.1. The summed E-state index contributed by atoms with van der Waals surface area (Å²) in [5.41, 5.74) is 3.03. The summed E-state index contributed by atoms with van der Waals surface area (Å²) in [4.78, 5) is 22.8. The molecule has 11 heteroatoms. The molecule has 1 fully saturated rings. The van der Waals surface area contributed by atoms with Crippen LogP contribution in [0.5, 0.6) is 5.75 Å². The number of fused-ring (bicyclic) bond motifs is 2. The van der Waals surface area contributed by atoms with E-state index >= 15 is 0 Å². The Hall–Kier alpha value is -3.99. The third-order valence-corrected chi connectivity index (χ3v) is 7.13. The highest BCUT2D eigenvalue weighted by Crippen LogP contribution is 2.50. The first-order valence-electron chi connectivity index (χ1n) is 12.1. The lowest BCUT2D eigenvalue weighted by molar-refractivity contribution is -0.274. The number of hydrogen-bond acceptors (Lipinski definition) is 6. The highest BCUT2D eigenvalue weighted by Gasteiger charge is 2.52. The molecule has 0 atom stereocenters. The molecule has 1 aromatic heterocycles. The zero-order valence-corrected chi connectivity index (χ0v) is 20.3. The molecule has 6 rings (SSSR count). The van der Waals surface area contributed by atoms with E-state index in [9.17, 15) is 22.4 Å². The largest absolute Gasteiger partial charge is 0.573 e. The Morgan fingerprint density at radius 1 is 1.13 bits per heavy atom. The Labute approximate surface area is 215 Å². The monoisotopic (exact) mass is 525 g/mol. The maximum atomic E-state index is 14.8. The Kier molecular flexibility index (Phi) is 5.64. The second-order valence-electron chi connectivity index (χ2n) is 9.81. The van der Waals surface area contributed by atoms with Crippen molar-refractivity contribution in [2.75, 3.05) is 25.5 Å². The van der Waals surface area contributed by atoms with E-state index in [1.54, 1.807) is 30.3 Å². The highest BCUT2D eigenvalue weighted by atomic mass is 19.4. The summed E-state index contributed by atoms with van der Waals surface area (Å²) >= 11 is 0. The number of benzene rings is 2. The van der Waals surface area contributed by atoms with Crippen molar-refractivity contribution >= 4 is 23.1 Å². The third-order valence-electron chi connectivity index (χ3n) is 7.13. The van der Waals surface area contributed by atoms with E-state index in [0.717, 1.165) is 55.2 Å². The Bertz CT molecular complexity index is 1480. The maximum Gasteiger partial charge on any atom is 0.573 e. The zero-order valence-electron chi connectivity index (χ0n) is 20.3. The van der Waals surface area contributed by atoms with Gasteiger partial charge in [-0.2, -0.15) is 0 Å². The number of halogens is 4. The average molecular weight is 526 g/mol. The number of carbonyl (C=O) groups is 1. The molecular weight excluding hydrogens is 502 g/mol. The van der Waals surface area contributed by atoms with E-state index in [1.807, 2.05) is 13.1 Å². The Morgan fingerprint density at radius 3 is 2.63 bits per heavy atom. The zero-order chi connectivity index (χ0) is 26.7. The van der Waals surface area contributed by atoms with Crippen LogP contribution in [0.4, 0.5) is 29.2 Å². The Balaban J connectivity index is 1.35. The minimum absolute atomic E-state index is 0.0128. The standard InChI is InChI=1S/C27H23F4N5O2/c1-36-10-6-15(7-11-36)16-3-5-22(38-27(29,30)31)21(13-16)33-25-32-14-20(28)23(34-25)17-2-4-19-18(12-17)24(37)35-26(19)8-9-26/h2-6,12-14H,7-11H2,1H3,(H,35,37)(H,32,33,34). The van der Waals surface area contributed by atoms with Crippen LogP contribution < -0.4 is 15.4 Å². The van der Waals surface area contributed by atoms with Crippen LogP contribution in [-0.4, -0.2) is 47.3 Å². The number of nitrogens with one attached hydrogen (secondary N) is 2. The van der Waals surface area contributed by atoms with Crippen molar-refractivity contribution < 1.29 is 27.1 Å². The number of alkyl halides is 3. The number of likely N-dealkylation sites (N-methyl/N-ethyl adjacent to an activating group) is 1. The lowest BCUT2D eigenvalue weighted by Crippen LogP contribution is -2.25. The van der Waals surface area contributed by atoms with Gasteiger partial charge in [-0.05, 0) is 61.2 Å². The molecule has 1 aliphatic carbocycles. The quantitative estimate of drug-likeness (QED) is 0.436. The van der Waals surface area contributed by atoms with Gasteiger partial charge in [-0.15, -0.1) is 13.2 Å². The predicted molar refractivity (Wildman–Crippen MR) is 132 cm³/mol. The summed E-state index contributed by atoms with van der Waals surface area (Å²) < 4.78 is 58.4. The molecule has 2 aromatic carbocycles. The summed E-state index contributed by atoms with van der Waals surface area (Å²) in [5, 5.41) is 5.75. The van der Waals surface area contributed by atoms with E-state index in [1.165, 1.54) is 6.07 Å². The van der Waals surface area contributed by atoms with Crippen LogP contribution in [0.1, 0.15) is 40.7 Å². The van der Waals surface area contributed by atoms with Crippen molar-refractivity contribution in [3.63, 3.8) is 0 Å². The minimum Gasteiger partial charge on any atom is -0.404 e. The number of nitrogens with zero attached hydrogens (tertiary/aromatic N) is 3. The summed E-state index contributed by atoms with van der Waals surface area (Å²) in [6.45, 7) is 1.54. The molecule has 3 aromatic rings. The van der Waals surface area contributed by atoms with Gasteiger partial charge < -0.3 is 20.3 Å². The molecule has 0 unspecified atom stereocenters. The number of hydrogen-bond donors (Lipinski definition) is 2. The number of carbonyl (C=O) groups excluding carboxylic acids is 1. The fourth-order valence-corrected chi connectivity index (χ4v) is 4.99. The van der Waals surface area contributed by atoms with Crippen LogP contribution in [-0.2, 0) is 5.54 Å². The van der Waals surface area contributed by atoms with Crippen molar-refractivity contribution in [2.24, 2.45) is 0 Å². The summed E-state index contributed by atoms with van der Waals surface area (Å²) in [7, 11) is 1.99. The van der Waals surface area contributed by atoms with Gasteiger partial charge in [0.25, 0.3) is 5.91 Å². The maximum absolute atomic E-state index is 14.8. The van der Waals surface area contributed by atoms with Crippen LogP contribution >= 0.6 is 0 Å². The van der Waals surface area contributed by atoms with Crippen LogP contribution in [0, 0.1) is 5.82 Å². The van der Waals surface area contributed by atoms with Gasteiger partial charge >= 0.3 is 6.36 Å². The predicted octanol–water partition coefficient (Wildman–Crippen LogP) is 5.38. The SMILES string of the molecule is CN1CC=C(c2ccc(OC(F)(F)F)c(Nc3ncc(F)c(-c4ccc5c(c4)C(=O)NC54CC4)n3)c2)CC1. The molecule has 1 amide bonds. The summed E-state index contributed by atoms with van der Waals surface area (Å²) in [5.74, 6) is -1.53. The molecule has 196 valence electrons. The molecule has 38 heavy (non-hydrogen) atoms. The van der Waals surface area contributed by atoms with E-state index in [0.29, 0.717) is 11.1 Å². The first-order valence-corrected chi connectivity index (χ1v) is 12.1. The van der Waals surface area contributed by atoms with Gasteiger partial charge in [-0.25, -0.2) is 14.4 Å². The van der Waals surface area contributed by atoms with E-state index in [2.05, 4.69) is 30.2 Å². The molecule has 3 aliphatic rings. The first kappa shape index (κ1) is 24.4. The summed E-state index contributed by atoms with van der Waals surface area (Å²) in [6.07, 6.45) is 0.498. The fraction of sp³-hybridized carbons (Fsp3) is 0.296. The Morgan fingerprint density at radius 2 is 1.92 bits per heavy atom. The molecule has 2 N–H and O–H groups in total. The number of amides is 1. The first-order chi connectivity index (χ1) is 18.1. The lowest BCUT2D eigenvalue weighted by Gasteiger charge is -2.23. The third kappa shape index (κ3) is 4.58. The van der Waals surface area contributed by atoms with Crippen LogP contribution in [0.25, 0.3) is 16.8 Å². The number of anilines is 2. The second kappa shape index (κ2) is 8.80. The second-order valence-corrected chi connectivity index (χ2v) is 9.81. The number of ether oxygens (including phenoxy) is 1. The van der Waals surface area contributed by atoms with E-state index in [4.69, 9.17) is 0 Å². The number of aromatic nitrogens is 2. The molecule has 3 heterocycles. The molecule has 1 spiro atoms. The van der Waals surface area contributed by atoms with Gasteiger partial charge in [0.2, 0.25) is 5.95 Å². The lowest BCUT2D eigenvalue weighted by atomic mass is 9.99. The fourth-order valence-electron chi connectivity index (χ4n) is 4.99. The molecule has 1 saturated carbocycles. The van der Waals surface area contributed by atoms with Crippen molar-refractivity contribution in [1.82, 2.24) is 20.2 Å². The molecule has 7 nitrogen and oxygen atoms in total. The topological polar surface area (TPSA) is 79.4 Å². The molecule has 0 radical (unpaired) electrons. The van der Waals surface area contributed by atoms with E-state index < -0.39 is 17.9 Å². The van der Waals surface area contributed by atoms with Crippen molar-refractivity contribution in [3.05, 3.63) is 71.2 Å². The van der Waals surface area contributed by atoms with Crippen molar-refractivity contribution in [3.8, 4) is 17.0 Å². The van der Waals surface area contributed by atoms with Crippen LogP contribution in [0.15, 0.2) is 48.7 Å². The van der Waals surface area contributed by atoms with Gasteiger partial charge in [-0.1, -0.05) is 24.3 Å². The van der Waals surface area contributed by atoms with E-state index in [-0.39, 0.29) is 28.8 Å². The molecule has 0 bridgehead atoms. The van der Waals surface area contributed by atoms with Gasteiger partial charge in [0.15, 0.2) is 11.6 Å². The smallest absolute Gasteiger partial charge is 0.404 e. The molecule has 0 saturated heterocycles.